The van der Waals surface area contributed by atoms with Crippen LogP contribution in [0.15, 0.2) is 18.2 Å². The van der Waals surface area contributed by atoms with E-state index in [-0.39, 0.29) is 22.8 Å². The fourth-order valence-electron chi connectivity index (χ4n) is 0.985. The predicted molar refractivity (Wildman–Crippen MR) is 57.0 cm³/mol. The molecule has 0 radical (unpaired) electrons. The van der Waals surface area contributed by atoms with E-state index in [1.165, 1.54) is 12.1 Å². The van der Waals surface area contributed by atoms with Gasteiger partial charge in [0.2, 0.25) is 5.91 Å². The van der Waals surface area contributed by atoms with Gasteiger partial charge in [0.05, 0.1) is 21.7 Å². The minimum Gasteiger partial charge on any atom is -0.324 e. The zero-order chi connectivity index (χ0) is 12.1. The van der Waals surface area contributed by atoms with E-state index in [9.17, 15) is 14.9 Å². The molecule has 0 atom stereocenters. The summed E-state index contributed by atoms with van der Waals surface area (Å²) in [6.45, 7) is 0. The summed E-state index contributed by atoms with van der Waals surface area (Å²) in [5.41, 5.74) is 0.0794. The van der Waals surface area contributed by atoms with Crippen molar-refractivity contribution in [3.63, 3.8) is 0 Å². The van der Waals surface area contributed by atoms with Crippen molar-refractivity contribution in [2.75, 3.05) is 5.32 Å². The quantitative estimate of drug-likeness (QED) is 0.645. The molecule has 82 valence electrons. The first-order valence-corrected chi connectivity index (χ1v) is 4.53. The van der Waals surface area contributed by atoms with Crippen molar-refractivity contribution < 1.29 is 9.72 Å². The first kappa shape index (κ1) is 11.9. The number of nitro benzene ring substituents is 1. The van der Waals surface area contributed by atoms with Gasteiger partial charge < -0.3 is 5.32 Å². The summed E-state index contributed by atoms with van der Waals surface area (Å²) in [5.74, 6) is -0.516. The molecule has 0 fully saturated rings. The van der Waals surface area contributed by atoms with Crippen LogP contribution in [0.25, 0.3) is 0 Å². The average Bonchev–Trinajstić information content (AvgIpc) is 2.21. The van der Waals surface area contributed by atoms with E-state index >= 15 is 0 Å². The topological polar surface area (TPSA) is 96.0 Å². The molecule has 7 heteroatoms. The summed E-state index contributed by atoms with van der Waals surface area (Å²) in [6.07, 6.45) is -0.298. The summed E-state index contributed by atoms with van der Waals surface area (Å²) in [4.78, 5) is 20.9. The number of nitriles is 1. The molecule has 0 aliphatic rings. The van der Waals surface area contributed by atoms with Crippen molar-refractivity contribution in [2.24, 2.45) is 0 Å². The van der Waals surface area contributed by atoms with Crippen LogP contribution < -0.4 is 5.32 Å². The molecule has 1 rings (SSSR count). The first-order chi connectivity index (χ1) is 7.54. The normalized spacial score (nSPS) is 9.25. The lowest BCUT2D eigenvalue weighted by atomic mass is 10.2. The Bertz CT molecular complexity index is 481. The maximum atomic E-state index is 11.1. The third-order valence-electron chi connectivity index (χ3n) is 1.68. The van der Waals surface area contributed by atoms with E-state index in [2.05, 4.69) is 5.32 Å². The summed E-state index contributed by atoms with van der Waals surface area (Å²) < 4.78 is 0. The van der Waals surface area contributed by atoms with E-state index in [0.717, 1.165) is 6.07 Å². The van der Waals surface area contributed by atoms with Crippen molar-refractivity contribution in [1.29, 1.82) is 5.26 Å². The van der Waals surface area contributed by atoms with Gasteiger partial charge in [-0.1, -0.05) is 11.6 Å². The van der Waals surface area contributed by atoms with Gasteiger partial charge in [-0.25, -0.2) is 0 Å². The molecule has 1 N–H and O–H groups in total. The Morgan fingerprint density at radius 1 is 1.62 bits per heavy atom. The summed E-state index contributed by atoms with van der Waals surface area (Å²) in [7, 11) is 0. The lowest BCUT2D eigenvalue weighted by Crippen LogP contribution is -2.10. The van der Waals surface area contributed by atoms with Crippen molar-refractivity contribution in [3.8, 4) is 6.07 Å². The Kier molecular flexibility index (Phi) is 3.80. The van der Waals surface area contributed by atoms with Crippen LogP contribution >= 0.6 is 11.6 Å². The number of nitrogens with one attached hydrogen (secondary N) is 1. The molecule has 0 aromatic heterocycles. The highest BCUT2D eigenvalue weighted by molar-refractivity contribution is 6.33. The molecule has 0 saturated heterocycles. The fraction of sp³-hybridized carbons (Fsp3) is 0.111. The first-order valence-electron chi connectivity index (χ1n) is 4.15. The number of rotatable bonds is 3. The molecule has 0 saturated carbocycles. The minimum absolute atomic E-state index is 0.0560. The van der Waals surface area contributed by atoms with Crippen molar-refractivity contribution in [2.45, 2.75) is 6.42 Å². The third kappa shape index (κ3) is 2.93. The third-order valence-corrected chi connectivity index (χ3v) is 1.99. The number of carbonyl (C=O) groups is 1. The summed E-state index contributed by atoms with van der Waals surface area (Å²) in [6, 6.07) is 5.33. The summed E-state index contributed by atoms with van der Waals surface area (Å²) in [5, 5.41) is 21.1. The van der Waals surface area contributed by atoms with Gasteiger partial charge in [0.25, 0.3) is 5.69 Å². The molecule has 1 aromatic carbocycles. The van der Waals surface area contributed by atoms with Crippen molar-refractivity contribution in [1.82, 2.24) is 0 Å². The number of nitrogens with zero attached hydrogens (tertiary/aromatic N) is 2. The van der Waals surface area contributed by atoms with E-state index in [4.69, 9.17) is 16.9 Å². The highest BCUT2D eigenvalue weighted by Gasteiger charge is 2.10. The zero-order valence-corrected chi connectivity index (χ0v) is 8.69. The predicted octanol–water partition coefficient (Wildman–Crippen LogP) is 2.10. The Hall–Kier alpha value is -2.13. The van der Waals surface area contributed by atoms with Crippen LogP contribution in [-0.2, 0) is 4.79 Å². The van der Waals surface area contributed by atoms with Crippen LogP contribution in [0.1, 0.15) is 6.42 Å². The Labute approximate surface area is 95.6 Å². The van der Waals surface area contributed by atoms with Crippen molar-refractivity contribution in [3.05, 3.63) is 33.3 Å². The highest BCUT2D eigenvalue weighted by Crippen LogP contribution is 2.26. The molecule has 1 aromatic rings. The molecular formula is C9H6ClN3O3. The molecule has 16 heavy (non-hydrogen) atoms. The van der Waals surface area contributed by atoms with Gasteiger partial charge in [-0.05, 0) is 6.07 Å². The van der Waals surface area contributed by atoms with Crippen LogP contribution in [0.2, 0.25) is 5.02 Å². The van der Waals surface area contributed by atoms with E-state index < -0.39 is 10.8 Å². The van der Waals surface area contributed by atoms with Gasteiger partial charge in [0.15, 0.2) is 0 Å². The van der Waals surface area contributed by atoms with E-state index in [0.29, 0.717) is 0 Å². The molecular weight excluding hydrogens is 234 g/mol. The van der Waals surface area contributed by atoms with E-state index in [1.807, 2.05) is 0 Å². The van der Waals surface area contributed by atoms with Crippen LogP contribution in [0.5, 0.6) is 0 Å². The van der Waals surface area contributed by atoms with Gasteiger partial charge >= 0.3 is 0 Å². The number of hydrogen-bond acceptors (Lipinski definition) is 4. The second-order valence-corrected chi connectivity index (χ2v) is 3.21. The Morgan fingerprint density at radius 3 is 2.81 bits per heavy atom. The number of carbonyl (C=O) groups excluding carboxylic acids is 1. The molecule has 1 amide bonds. The second-order valence-electron chi connectivity index (χ2n) is 2.80. The molecule has 0 unspecified atom stereocenters. The minimum atomic E-state index is -0.591. The largest absolute Gasteiger partial charge is 0.324 e. The molecule has 6 nitrogen and oxygen atoms in total. The number of hydrogen-bond donors (Lipinski definition) is 1. The average molecular weight is 240 g/mol. The lowest BCUT2D eigenvalue weighted by Gasteiger charge is -2.04. The number of amides is 1. The van der Waals surface area contributed by atoms with Gasteiger partial charge in [-0.3, -0.25) is 14.9 Å². The van der Waals surface area contributed by atoms with Gasteiger partial charge in [-0.15, -0.1) is 0 Å². The molecule has 0 aliphatic carbocycles. The van der Waals surface area contributed by atoms with Gasteiger partial charge in [0, 0.05) is 12.1 Å². The molecule has 0 spiro atoms. The zero-order valence-electron chi connectivity index (χ0n) is 7.94. The number of benzene rings is 1. The smallest absolute Gasteiger partial charge is 0.271 e. The van der Waals surface area contributed by atoms with Crippen LogP contribution in [0.3, 0.4) is 0 Å². The highest BCUT2D eigenvalue weighted by atomic mass is 35.5. The number of anilines is 1. The number of nitro groups is 1. The molecule has 0 heterocycles. The van der Waals surface area contributed by atoms with Crippen LogP contribution in [0, 0.1) is 21.4 Å². The number of halogens is 1. The van der Waals surface area contributed by atoms with Gasteiger partial charge in [0.1, 0.15) is 6.42 Å². The van der Waals surface area contributed by atoms with Gasteiger partial charge in [-0.2, -0.15) is 5.26 Å². The standard InChI is InChI=1S/C9H6ClN3O3/c10-7-5-6(13(15)16)1-2-8(7)12-9(14)3-4-11/h1-2,5H,3H2,(H,12,14). The van der Waals surface area contributed by atoms with E-state index in [1.54, 1.807) is 6.07 Å². The van der Waals surface area contributed by atoms with Crippen LogP contribution in [0.4, 0.5) is 11.4 Å². The van der Waals surface area contributed by atoms with Crippen LogP contribution in [-0.4, -0.2) is 10.8 Å². The monoisotopic (exact) mass is 239 g/mol. The second kappa shape index (κ2) is 5.09. The Balaban J connectivity index is 2.88. The maximum absolute atomic E-state index is 11.1. The Morgan fingerprint density at radius 2 is 2.31 bits per heavy atom. The van der Waals surface area contributed by atoms with Crippen molar-refractivity contribution >= 4 is 28.9 Å². The summed E-state index contributed by atoms with van der Waals surface area (Å²) >= 11 is 5.72. The molecule has 0 bridgehead atoms. The molecule has 0 aliphatic heterocycles. The SMILES string of the molecule is N#CCC(=O)Nc1ccc([N+](=O)[O-])cc1Cl. The number of non-ortho nitro benzene ring substituents is 1. The maximum Gasteiger partial charge on any atom is 0.271 e. The fourth-order valence-corrected chi connectivity index (χ4v) is 1.21. The lowest BCUT2D eigenvalue weighted by molar-refractivity contribution is -0.384.